The van der Waals surface area contributed by atoms with E-state index in [2.05, 4.69) is 5.32 Å². The van der Waals surface area contributed by atoms with Crippen LogP contribution in [0.15, 0.2) is 42.5 Å². The Morgan fingerprint density at radius 2 is 1.79 bits per heavy atom. The topological polar surface area (TPSA) is 102 Å². The van der Waals surface area contributed by atoms with Crippen LogP contribution in [0.2, 0.25) is 5.02 Å². The Bertz CT molecular complexity index is 992. The Kier molecular flexibility index (Phi) is 7.46. The van der Waals surface area contributed by atoms with Gasteiger partial charge in [0.1, 0.15) is 5.75 Å². The van der Waals surface area contributed by atoms with Crippen LogP contribution in [0.5, 0.6) is 5.75 Å². The van der Waals surface area contributed by atoms with Crippen LogP contribution in [-0.2, 0) is 19.6 Å². The molecule has 2 aromatic rings. The van der Waals surface area contributed by atoms with Crippen molar-refractivity contribution in [3.63, 3.8) is 0 Å². The third-order valence-electron chi connectivity index (χ3n) is 3.82. The van der Waals surface area contributed by atoms with Crippen molar-refractivity contribution in [3.8, 4) is 5.75 Å². The lowest BCUT2D eigenvalue weighted by Gasteiger charge is -2.16. The number of nitrogens with one attached hydrogen (secondary N) is 1. The predicted molar refractivity (Wildman–Crippen MR) is 111 cm³/mol. The van der Waals surface area contributed by atoms with E-state index in [1.54, 1.807) is 31.2 Å². The molecule has 0 atom stereocenters. The maximum atomic E-state index is 12.1. The number of esters is 1. The summed E-state index contributed by atoms with van der Waals surface area (Å²) in [5.74, 6) is -0.563. The van der Waals surface area contributed by atoms with Gasteiger partial charge in [0.2, 0.25) is 10.0 Å². The maximum absolute atomic E-state index is 12.1. The third kappa shape index (κ3) is 6.37. The van der Waals surface area contributed by atoms with Gasteiger partial charge in [-0.3, -0.25) is 9.10 Å². The van der Waals surface area contributed by atoms with Crippen molar-refractivity contribution >= 4 is 44.9 Å². The van der Waals surface area contributed by atoms with Crippen molar-refractivity contribution in [2.75, 3.05) is 36.1 Å². The second kappa shape index (κ2) is 9.62. The van der Waals surface area contributed by atoms with E-state index in [0.717, 1.165) is 10.6 Å². The first-order valence-corrected chi connectivity index (χ1v) is 10.8. The van der Waals surface area contributed by atoms with Crippen LogP contribution in [0, 0.1) is 0 Å². The number of carbonyl (C=O) groups excluding carboxylic acids is 2. The summed E-state index contributed by atoms with van der Waals surface area (Å²) in [6.07, 6.45) is 1.10. The molecule has 0 saturated carbocycles. The van der Waals surface area contributed by atoms with E-state index < -0.39 is 21.9 Å². The summed E-state index contributed by atoms with van der Waals surface area (Å²) < 4.78 is 34.5. The Morgan fingerprint density at radius 1 is 1.14 bits per heavy atom. The Balaban J connectivity index is 1.93. The third-order valence-corrected chi connectivity index (χ3v) is 5.33. The highest BCUT2D eigenvalue weighted by atomic mass is 35.5. The molecule has 0 radical (unpaired) electrons. The summed E-state index contributed by atoms with van der Waals surface area (Å²) >= 11 is 6.06. The van der Waals surface area contributed by atoms with E-state index in [9.17, 15) is 18.0 Å². The number of nitrogens with zero attached hydrogens (tertiary/aromatic N) is 1. The molecule has 1 N–H and O–H groups in total. The van der Waals surface area contributed by atoms with E-state index in [1.165, 1.54) is 25.2 Å². The number of halogens is 1. The van der Waals surface area contributed by atoms with Gasteiger partial charge >= 0.3 is 5.97 Å². The van der Waals surface area contributed by atoms with Gasteiger partial charge in [-0.2, -0.15) is 0 Å². The molecule has 0 saturated heterocycles. The number of hydrogen-bond donors (Lipinski definition) is 1. The van der Waals surface area contributed by atoms with Crippen LogP contribution in [-0.4, -0.2) is 46.8 Å². The quantitative estimate of drug-likeness (QED) is 0.633. The van der Waals surface area contributed by atoms with Gasteiger partial charge in [0.25, 0.3) is 5.91 Å². The van der Waals surface area contributed by atoms with E-state index in [4.69, 9.17) is 21.1 Å². The first-order valence-electron chi connectivity index (χ1n) is 8.55. The molecule has 156 valence electrons. The van der Waals surface area contributed by atoms with Gasteiger partial charge < -0.3 is 14.8 Å². The Labute approximate surface area is 174 Å². The maximum Gasteiger partial charge on any atom is 0.339 e. The van der Waals surface area contributed by atoms with Gasteiger partial charge in [-0.15, -0.1) is 0 Å². The fraction of sp³-hybridized carbons (Fsp3) is 0.263. The van der Waals surface area contributed by atoms with Crippen LogP contribution in [0.1, 0.15) is 17.3 Å². The van der Waals surface area contributed by atoms with Crippen molar-refractivity contribution in [1.82, 2.24) is 0 Å². The van der Waals surface area contributed by atoms with Crippen LogP contribution in [0.25, 0.3) is 0 Å². The van der Waals surface area contributed by atoms with Gasteiger partial charge in [-0.25, -0.2) is 13.2 Å². The highest BCUT2D eigenvalue weighted by molar-refractivity contribution is 7.92. The number of carbonyl (C=O) groups is 2. The molecule has 0 aliphatic heterocycles. The predicted octanol–water partition coefficient (Wildman–Crippen LogP) is 2.93. The molecular weight excluding hydrogens is 420 g/mol. The van der Waals surface area contributed by atoms with E-state index >= 15 is 0 Å². The number of amides is 1. The Morgan fingerprint density at radius 3 is 2.34 bits per heavy atom. The molecule has 0 unspecified atom stereocenters. The highest BCUT2D eigenvalue weighted by Crippen LogP contribution is 2.22. The van der Waals surface area contributed by atoms with Crippen molar-refractivity contribution in [3.05, 3.63) is 53.1 Å². The molecule has 0 bridgehead atoms. The molecular formula is C19H21ClN2O6S. The number of benzene rings is 2. The molecule has 0 aliphatic rings. The summed E-state index contributed by atoms with van der Waals surface area (Å²) in [6, 6.07) is 10.7. The largest absolute Gasteiger partial charge is 0.484 e. The summed E-state index contributed by atoms with van der Waals surface area (Å²) in [5.41, 5.74) is 1.09. The first-order chi connectivity index (χ1) is 13.6. The average molecular weight is 441 g/mol. The number of hydrogen-bond acceptors (Lipinski definition) is 6. The highest BCUT2D eigenvalue weighted by Gasteiger charge is 2.14. The minimum atomic E-state index is -3.36. The average Bonchev–Trinajstić information content (AvgIpc) is 2.65. The zero-order valence-electron chi connectivity index (χ0n) is 16.1. The molecule has 0 fully saturated rings. The van der Waals surface area contributed by atoms with Crippen molar-refractivity contribution < 1.29 is 27.5 Å². The van der Waals surface area contributed by atoms with Gasteiger partial charge in [0.05, 0.1) is 29.1 Å². The Hall–Kier alpha value is -2.78. The van der Waals surface area contributed by atoms with Crippen LogP contribution >= 0.6 is 11.6 Å². The zero-order chi connectivity index (χ0) is 21.6. The molecule has 0 aliphatic carbocycles. The lowest BCUT2D eigenvalue weighted by atomic mass is 10.2. The lowest BCUT2D eigenvalue weighted by Crippen LogP contribution is -2.24. The van der Waals surface area contributed by atoms with Gasteiger partial charge in [-0.05, 0) is 49.4 Å². The summed E-state index contributed by atoms with van der Waals surface area (Å²) in [7, 11) is -1.91. The summed E-state index contributed by atoms with van der Waals surface area (Å²) in [4.78, 5) is 23.8. The van der Waals surface area contributed by atoms with Crippen molar-refractivity contribution in [2.24, 2.45) is 0 Å². The lowest BCUT2D eigenvalue weighted by molar-refractivity contribution is -0.118. The van der Waals surface area contributed by atoms with Gasteiger partial charge in [0.15, 0.2) is 6.61 Å². The first kappa shape index (κ1) is 22.5. The monoisotopic (exact) mass is 440 g/mol. The molecule has 0 aromatic heterocycles. The van der Waals surface area contributed by atoms with Gasteiger partial charge in [0, 0.05) is 12.7 Å². The van der Waals surface area contributed by atoms with Crippen LogP contribution in [0.3, 0.4) is 0 Å². The molecule has 29 heavy (non-hydrogen) atoms. The van der Waals surface area contributed by atoms with E-state index in [0.29, 0.717) is 17.1 Å². The molecule has 10 heteroatoms. The standard InChI is InChI=1S/C19H21ClN2O6S/c1-4-27-19(24)16-10-5-13(11-17(16)20)21-18(23)12-28-15-8-6-14(7-9-15)22(2)29(3,25)26/h5-11H,4,12H2,1-3H3,(H,21,23). The SMILES string of the molecule is CCOC(=O)c1ccc(NC(=O)COc2ccc(N(C)S(C)(=O)=O)cc2)cc1Cl. The molecule has 0 spiro atoms. The van der Waals surface area contributed by atoms with Gasteiger partial charge in [-0.1, -0.05) is 11.6 Å². The minimum Gasteiger partial charge on any atom is -0.484 e. The fourth-order valence-electron chi connectivity index (χ4n) is 2.26. The summed E-state index contributed by atoms with van der Waals surface area (Å²) in [5, 5.41) is 2.77. The molecule has 0 heterocycles. The number of sulfonamides is 1. The second-order valence-corrected chi connectivity index (χ2v) is 8.40. The summed E-state index contributed by atoms with van der Waals surface area (Å²) in [6.45, 7) is 1.66. The molecule has 1 amide bonds. The van der Waals surface area contributed by atoms with Crippen LogP contribution < -0.4 is 14.4 Å². The second-order valence-electron chi connectivity index (χ2n) is 5.98. The van der Waals surface area contributed by atoms with E-state index in [-0.39, 0.29) is 23.8 Å². The molecule has 2 rings (SSSR count). The minimum absolute atomic E-state index is 0.160. The molecule has 2 aromatic carbocycles. The van der Waals surface area contributed by atoms with Crippen molar-refractivity contribution in [2.45, 2.75) is 6.92 Å². The van der Waals surface area contributed by atoms with Crippen molar-refractivity contribution in [1.29, 1.82) is 0 Å². The smallest absolute Gasteiger partial charge is 0.339 e. The van der Waals surface area contributed by atoms with E-state index in [1.807, 2.05) is 0 Å². The number of rotatable bonds is 8. The normalized spacial score (nSPS) is 10.9. The number of anilines is 2. The number of ether oxygens (including phenoxy) is 2. The molecule has 8 nitrogen and oxygen atoms in total. The van der Waals surface area contributed by atoms with Crippen LogP contribution in [0.4, 0.5) is 11.4 Å². The zero-order valence-corrected chi connectivity index (χ0v) is 17.7. The fourth-order valence-corrected chi connectivity index (χ4v) is 3.02.